The average molecular weight is 493 g/mol. The lowest BCUT2D eigenvalue weighted by Crippen LogP contribution is -2.38. The third kappa shape index (κ3) is 12.1. The van der Waals surface area contributed by atoms with E-state index in [9.17, 15) is 0 Å². The van der Waals surface area contributed by atoms with E-state index in [2.05, 4.69) is 48.5 Å². The minimum atomic E-state index is 0. The third-order valence-corrected chi connectivity index (χ3v) is 3.82. The molecule has 1 aromatic carbocycles. The van der Waals surface area contributed by atoms with Gasteiger partial charge in [-0.1, -0.05) is 26.0 Å². The van der Waals surface area contributed by atoms with Crippen LogP contribution in [-0.4, -0.2) is 53.1 Å². The number of guanidine groups is 1. The fourth-order valence-electron chi connectivity index (χ4n) is 2.24. The molecule has 0 atom stereocenters. The maximum atomic E-state index is 5.82. The van der Waals surface area contributed by atoms with E-state index in [4.69, 9.17) is 14.2 Å². The van der Waals surface area contributed by atoms with E-state index in [1.165, 1.54) is 5.56 Å². The predicted octanol–water partition coefficient (Wildman–Crippen LogP) is 3.37. The normalized spacial score (nSPS) is 11.3. The summed E-state index contributed by atoms with van der Waals surface area (Å²) in [5.74, 6) is 2.30. The third-order valence-electron chi connectivity index (χ3n) is 3.82. The van der Waals surface area contributed by atoms with E-state index in [1.807, 2.05) is 6.07 Å². The second kappa shape index (κ2) is 15.9. The van der Waals surface area contributed by atoms with E-state index in [1.54, 1.807) is 14.2 Å². The second-order valence-electron chi connectivity index (χ2n) is 6.60. The van der Waals surface area contributed by atoms with Gasteiger partial charge in [-0.25, -0.2) is 0 Å². The van der Waals surface area contributed by atoms with Gasteiger partial charge in [0, 0.05) is 39.4 Å². The first kappa shape index (κ1) is 25.9. The molecule has 0 fully saturated rings. The lowest BCUT2D eigenvalue weighted by molar-refractivity contribution is 0.128. The van der Waals surface area contributed by atoms with Crippen molar-refractivity contribution in [2.45, 2.75) is 33.7 Å². The highest BCUT2D eigenvalue weighted by Crippen LogP contribution is 2.20. The Labute approximate surface area is 181 Å². The Hall–Kier alpha value is -1.06. The number of nitrogens with zero attached hydrogens (tertiary/aromatic N) is 1. The quantitative estimate of drug-likeness (QED) is 0.202. The molecular weight excluding hydrogens is 457 g/mol. The summed E-state index contributed by atoms with van der Waals surface area (Å²) in [5, 5.41) is 6.58. The van der Waals surface area contributed by atoms with Gasteiger partial charge in [-0.05, 0) is 30.9 Å². The smallest absolute Gasteiger partial charge is 0.191 e. The molecule has 2 N–H and O–H groups in total. The zero-order valence-corrected chi connectivity index (χ0v) is 19.7. The summed E-state index contributed by atoms with van der Waals surface area (Å²) < 4.78 is 16.5. The molecule has 156 valence electrons. The first-order valence-corrected chi connectivity index (χ1v) is 9.30. The van der Waals surface area contributed by atoms with Crippen LogP contribution >= 0.6 is 24.0 Å². The van der Waals surface area contributed by atoms with Crippen LogP contribution < -0.4 is 15.4 Å². The monoisotopic (exact) mass is 493 g/mol. The maximum absolute atomic E-state index is 5.82. The van der Waals surface area contributed by atoms with Crippen LogP contribution in [0.2, 0.25) is 0 Å². The van der Waals surface area contributed by atoms with Crippen molar-refractivity contribution < 1.29 is 14.2 Å². The van der Waals surface area contributed by atoms with Gasteiger partial charge >= 0.3 is 0 Å². The molecule has 0 unspecified atom stereocenters. The second-order valence-corrected chi connectivity index (χ2v) is 6.60. The Kier molecular flexibility index (Phi) is 15.3. The molecule has 0 aliphatic carbocycles. The van der Waals surface area contributed by atoms with Crippen molar-refractivity contribution >= 4 is 29.9 Å². The molecule has 0 aliphatic heterocycles. The molecule has 0 bridgehead atoms. The van der Waals surface area contributed by atoms with Crippen molar-refractivity contribution in [3.63, 3.8) is 0 Å². The molecule has 6 nitrogen and oxygen atoms in total. The van der Waals surface area contributed by atoms with Crippen LogP contribution in [0.25, 0.3) is 0 Å². The van der Waals surface area contributed by atoms with Crippen molar-refractivity contribution in [1.29, 1.82) is 0 Å². The molecule has 0 aliphatic rings. The van der Waals surface area contributed by atoms with E-state index in [0.717, 1.165) is 36.8 Å². The SMILES string of the molecule is CN=C(NCCOCCC(C)C)NCc1ccc(C)cc1OCCOC.I. The topological polar surface area (TPSA) is 64.1 Å². The van der Waals surface area contributed by atoms with Gasteiger partial charge in [-0.3, -0.25) is 4.99 Å². The number of aliphatic imine (C=N–C) groups is 1. The van der Waals surface area contributed by atoms with Gasteiger partial charge in [0.1, 0.15) is 12.4 Å². The van der Waals surface area contributed by atoms with Crippen LogP contribution in [0.5, 0.6) is 5.75 Å². The molecule has 1 rings (SSSR count). The van der Waals surface area contributed by atoms with Gasteiger partial charge in [0.25, 0.3) is 0 Å². The largest absolute Gasteiger partial charge is 0.491 e. The number of rotatable bonds is 12. The highest BCUT2D eigenvalue weighted by atomic mass is 127. The Morgan fingerprint density at radius 1 is 1.11 bits per heavy atom. The van der Waals surface area contributed by atoms with E-state index in [0.29, 0.717) is 32.3 Å². The van der Waals surface area contributed by atoms with Crippen LogP contribution in [0.15, 0.2) is 23.2 Å². The number of nitrogens with one attached hydrogen (secondary N) is 2. The predicted molar refractivity (Wildman–Crippen MR) is 122 cm³/mol. The van der Waals surface area contributed by atoms with Crippen LogP contribution in [0.3, 0.4) is 0 Å². The molecule has 1 aromatic rings. The molecule has 7 heteroatoms. The Balaban J connectivity index is 0.00000676. The minimum absolute atomic E-state index is 0. The zero-order chi connectivity index (χ0) is 19.2. The molecule has 0 spiro atoms. The number of hydrogen-bond acceptors (Lipinski definition) is 4. The van der Waals surface area contributed by atoms with Crippen LogP contribution in [-0.2, 0) is 16.0 Å². The Morgan fingerprint density at radius 2 is 1.89 bits per heavy atom. The van der Waals surface area contributed by atoms with Crippen LogP contribution in [0.1, 0.15) is 31.4 Å². The van der Waals surface area contributed by atoms with Gasteiger partial charge in [-0.15, -0.1) is 24.0 Å². The van der Waals surface area contributed by atoms with E-state index >= 15 is 0 Å². The van der Waals surface area contributed by atoms with Crippen molar-refractivity contribution in [1.82, 2.24) is 10.6 Å². The summed E-state index contributed by atoms with van der Waals surface area (Å²) >= 11 is 0. The van der Waals surface area contributed by atoms with Crippen LogP contribution in [0.4, 0.5) is 0 Å². The van der Waals surface area contributed by atoms with Crippen molar-refractivity contribution in [3.05, 3.63) is 29.3 Å². The van der Waals surface area contributed by atoms with Crippen molar-refractivity contribution in [2.75, 3.05) is 47.1 Å². The number of methoxy groups -OCH3 is 1. The number of halogens is 1. The number of ether oxygens (including phenoxy) is 3. The van der Waals surface area contributed by atoms with E-state index in [-0.39, 0.29) is 24.0 Å². The Morgan fingerprint density at radius 3 is 2.56 bits per heavy atom. The number of benzene rings is 1. The molecule has 0 radical (unpaired) electrons. The molecule has 27 heavy (non-hydrogen) atoms. The molecule has 0 saturated heterocycles. The summed E-state index contributed by atoms with van der Waals surface area (Å²) in [4.78, 5) is 4.25. The summed E-state index contributed by atoms with van der Waals surface area (Å²) in [5.41, 5.74) is 2.25. The molecule has 0 aromatic heterocycles. The van der Waals surface area contributed by atoms with Gasteiger partial charge in [-0.2, -0.15) is 0 Å². The Bertz CT molecular complexity index is 539. The van der Waals surface area contributed by atoms with Gasteiger partial charge < -0.3 is 24.8 Å². The van der Waals surface area contributed by atoms with Crippen LogP contribution in [0, 0.1) is 12.8 Å². The van der Waals surface area contributed by atoms with Crippen molar-refractivity contribution in [3.8, 4) is 5.75 Å². The summed E-state index contributed by atoms with van der Waals surface area (Å²) in [7, 11) is 3.43. The maximum Gasteiger partial charge on any atom is 0.191 e. The molecule has 0 amide bonds. The summed E-state index contributed by atoms with van der Waals surface area (Å²) in [6.45, 7) is 10.4. The van der Waals surface area contributed by atoms with Crippen molar-refractivity contribution in [2.24, 2.45) is 10.9 Å². The first-order valence-electron chi connectivity index (χ1n) is 9.30. The lowest BCUT2D eigenvalue weighted by Gasteiger charge is -2.15. The first-order chi connectivity index (χ1) is 12.6. The summed E-state index contributed by atoms with van der Waals surface area (Å²) in [6.07, 6.45) is 1.09. The number of hydrogen-bond donors (Lipinski definition) is 2. The highest BCUT2D eigenvalue weighted by Gasteiger charge is 2.06. The van der Waals surface area contributed by atoms with Gasteiger partial charge in [0.2, 0.25) is 0 Å². The van der Waals surface area contributed by atoms with E-state index < -0.39 is 0 Å². The fraction of sp³-hybridized carbons (Fsp3) is 0.650. The number of aryl methyl sites for hydroxylation is 1. The molecule has 0 heterocycles. The average Bonchev–Trinajstić information content (AvgIpc) is 2.61. The standard InChI is InChI=1S/C20H35N3O3.HI/c1-16(2)8-10-25-11-9-22-20(21-4)23-15-18-7-6-17(3)14-19(18)26-13-12-24-5;/h6-7,14,16H,8-13,15H2,1-5H3,(H2,21,22,23);1H. The fourth-order valence-corrected chi connectivity index (χ4v) is 2.24. The lowest BCUT2D eigenvalue weighted by atomic mass is 10.1. The zero-order valence-electron chi connectivity index (χ0n) is 17.3. The molecule has 0 saturated carbocycles. The highest BCUT2D eigenvalue weighted by molar-refractivity contribution is 14.0. The van der Waals surface area contributed by atoms with Gasteiger partial charge in [0.15, 0.2) is 5.96 Å². The molecular formula is C20H36IN3O3. The summed E-state index contributed by atoms with van der Waals surface area (Å²) in [6, 6.07) is 6.21. The minimum Gasteiger partial charge on any atom is -0.491 e. The van der Waals surface area contributed by atoms with Gasteiger partial charge in [0.05, 0.1) is 13.2 Å².